The maximum Gasteiger partial charge on any atom is 0.150 e. The fourth-order valence-electron chi connectivity index (χ4n) is 1.76. The molecule has 0 heterocycles. The van der Waals surface area contributed by atoms with Crippen LogP contribution in [0.1, 0.15) is 15.9 Å². The van der Waals surface area contributed by atoms with Gasteiger partial charge in [0.15, 0.2) is 6.29 Å². The molecule has 0 aliphatic heterocycles. The number of carbonyl (C=O) groups excluding carboxylic acids is 1. The first kappa shape index (κ1) is 12.9. The first-order valence-electron chi connectivity index (χ1n) is 5.24. The highest BCUT2D eigenvalue weighted by Gasteiger charge is 2.17. The molecule has 1 nitrogen and oxygen atoms in total. The number of halogens is 3. The molecular weight excluding hydrogens is 302 g/mol. The van der Waals surface area contributed by atoms with Crippen molar-refractivity contribution in [2.45, 2.75) is 6.92 Å². The maximum atomic E-state index is 14.0. The van der Waals surface area contributed by atoms with Gasteiger partial charge in [-0.15, -0.1) is 0 Å². The minimum Gasteiger partial charge on any atom is -0.298 e. The van der Waals surface area contributed by atoms with Crippen LogP contribution >= 0.6 is 15.9 Å². The van der Waals surface area contributed by atoms with E-state index in [-0.39, 0.29) is 21.2 Å². The SMILES string of the molecule is Cc1ccc(C=O)c(-c2c(F)ccc(Br)c2F)c1. The Morgan fingerprint density at radius 3 is 2.56 bits per heavy atom. The van der Waals surface area contributed by atoms with Crippen LogP contribution in [0.3, 0.4) is 0 Å². The first-order valence-corrected chi connectivity index (χ1v) is 6.03. The number of rotatable bonds is 2. The van der Waals surface area contributed by atoms with Crippen molar-refractivity contribution in [3.63, 3.8) is 0 Å². The van der Waals surface area contributed by atoms with Gasteiger partial charge in [-0.1, -0.05) is 23.8 Å². The molecule has 0 aromatic heterocycles. The van der Waals surface area contributed by atoms with Gasteiger partial charge in [0, 0.05) is 5.56 Å². The molecule has 0 radical (unpaired) electrons. The number of aryl methyl sites for hydroxylation is 1. The largest absolute Gasteiger partial charge is 0.298 e. The van der Waals surface area contributed by atoms with Gasteiger partial charge in [-0.3, -0.25) is 4.79 Å². The van der Waals surface area contributed by atoms with E-state index in [1.807, 2.05) is 0 Å². The van der Waals surface area contributed by atoms with Crippen LogP contribution in [0.15, 0.2) is 34.8 Å². The van der Waals surface area contributed by atoms with Crippen molar-refractivity contribution in [3.05, 3.63) is 57.6 Å². The van der Waals surface area contributed by atoms with Gasteiger partial charge in [-0.05, 0) is 40.5 Å². The molecule has 0 saturated carbocycles. The molecule has 0 bridgehead atoms. The van der Waals surface area contributed by atoms with E-state index in [4.69, 9.17) is 0 Å². The Labute approximate surface area is 112 Å². The summed E-state index contributed by atoms with van der Waals surface area (Å²) >= 11 is 3.01. The maximum absolute atomic E-state index is 14.0. The zero-order valence-corrected chi connectivity index (χ0v) is 11.1. The second kappa shape index (κ2) is 4.98. The van der Waals surface area contributed by atoms with Crippen molar-refractivity contribution in [3.8, 4) is 11.1 Å². The second-order valence-electron chi connectivity index (χ2n) is 3.93. The normalized spacial score (nSPS) is 10.4. The van der Waals surface area contributed by atoms with Crippen LogP contribution < -0.4 is 0 Å². The molecule has 0 fully saturated rings. The molecular formula is C14H9BrF2O. The summed E-state index contributed by atoms with van der Waals surface area (Å²) in [5.74, 6) is -1.40. The van der Waals surface area contributed by atoms with Gasteiger partial charge in [0.05, 0.1) is 10.0 Å². The van der Waals surface area contributed by atoms with Gasteiger partial charge in [0.1, 0.15) is 11.6 Å². The van der Waals surface area contributed by atoms with Gasteiger partial charge in [-0.2, -0.15) is 0 Å². The monoisotopic (exact) mass is 310 g/mol. The van der Waals surface area contributed by atoms with Crippen molar-refractivity contribution in [2.24, 2.45) is 0 Å². The molecule has 92 valence electrons. The molecule has 18 heavy (non-hydrogen) atoms. The minimum atomic E-state index is -0.705. The van der Waals surface area contributed by atoms with Gasteiger partial charge >= 0.3 is 0 Å². The highest BCUT2D eigenvalue weighted by Crippen LogP contribution is 2.32. The number of carbonyl (C=O) groups is 1. The highest BCUT2D eigenvalue weighted by atomic mass is 79.9. The highest BCUT2D eigenvalue weighted by molar-refractivity contribution is 9.10. The Morgan fingerprint density at radius 2 is 1.89 bits per heavy atom. The smallest absolute Gasteiger partial charge is 0.150 e. The number of hydrogen-bond acceptors (Lipinski definition) is 1. The summed E-state index contributed by atoms with van der Waals surface area (Å²) in [6.07, 6.45) is 0.592. The van der Waals surface area contributed by atoms with Crippen LogP contribution in [0.2, 0.25) is 0 Å². The number of benzene rings is 2. The molecule has 0 amide bonds. The third kappa shape index (κ3) is 2.20. The summed E-state index contributed by atoms with van der Waals surface area (Å²) in [5, 5.41) is 0. The van der Waals surface area contributed by atoms with E-state index in [9.17, 15) is 13.6 Å². The minimum absolute atomic E-state index is 0.164. The Bertz CT molecular complexity index is 623. The van der Waals surface area contributed by atoms with Crippen molar-refractivity contribution >= 4 is 22.2 Å². The van der Waals surface area contributed by atoms with Crippen molar-refractivity contribution in [2.75, 3.05) is 0 Å². The van der Waals surface area contributed by atoms with Gasteiger partial charge in [-0.25, -0.2) is 8.78 Å². The van der Waals surface area contributed by atoms with Crippen LogP contribution in [0.5, 0.6) is 0 Å². The quantitative estimate of drug-likeness (QED) is 0.589. The molecule has 2 aromatic rings. The summed E-state index contributed by atoms with van der Waals surface area (Å²) in [5.41, 5.74) is 1.17. The van der Waals surface area contributed by atoms with Crippen LogP contribution in [-0.4, -0.2) is 6.29 Å². The summed E-state index contributed by atoms with van der Waals surface area (Å²) in [6, 6.07) is 7.33. The Kier molecular flexibility index (Phi) is 3.57. The Balaban J connectivity index is 2.80. The molecule has 0 N–H and O–H groups in total. The lowest BCUT2D eigenvalue weighted by Crippen LogP contribution is -1.96. The van der Waals surface area contributed by atoms with Gasteiger partial charge in [0.2, 0.25) is 0 Å². The molecule has 2 aromatic carbocycles. The molecule has 0 spiro atoms. The lowest BCUT2D eigenvalue weighted by Gasteiger charge is -2.10. The van der Waals surface area contributed by atoms with Crippen LogP contribution in [0.25, 0.3) is 11.1 Å². The first-order chi connectivity index (χ1) is 8.54. The van der Waals surface area contributed by atoms with E-state index in [0.717, 1.165) is 5.56 Å². The summed E-state index contributed by atoms with van der Waals surface area (Å²) in [6.45, 7) is 1.80. The molecule has 0 atom stereocenters. The molecule has 0 unspecified atom stereocenters. The second-order valence-corrected chi connectivity index (χ2v) is 4.78. The van der Waals surface area contributed by atoms with Crippen molar-refractivity contribution in [1.29, 1.82) is 0 Å². The van der Waals surface area contributed by atoms with Crippen LogP contribution in [0.4, 0.5) is 8.78 Å². The zero-order chi connectivity index (χ0) is 13.3. The fourth-order valence-corrected chi connectivity index (χ4v) is 2.09. The van der Waals surface area contributed by atoms with E-state index in [0.29, 0.717) is 6.29 Å². The molecule has 4 heteroatoms. The Morgan fingerprint density at radius 1 is 1.17 bits per heavy atom. The summed E-state index contributed by atoms with van der Waals surface area (Å²) < 4.78 is 27.9. The van der Waals surface area contributed by atoms with E-state index in [2.05, 4.69) is 15.9 Å². The summed E-state index contributed by atoms with van der Waals surface area (Å²) in [4.78, 5) is 11.0. The Hall–Kier alpha value is -1.55. The molecule has 0 aliphatic rings. The average molecular weight is 311 g/mol. The number of hydrogen-bond donors (Lipinski definition) is 0. The predicted octanol–water partition coefficient (Wildman–Crippen LogP) is 4.52. The molecule has 0 saturated heterocycles. The van der Waals surface area contributed by atoms with Crippen molar-refractivity contribution in [1.82, 2.24) is 0 Å². The average Bonchev–Trinajstić information content (AvgIpc) is 2.35. The van der Waals surface area contributed by atoms with Crippen LogP contribution in [0, 0.1) is 18.6 Å². The van der Waals surface area contributed by atoms with Gasteiger partial charge < -0.3 is 0 Å². The van der Waals surface area contributed by atoms with E-state index in [1.165, 1.54) is 12.1 Å². The molecule has 0 aliphatic carbocycles. The fraction of sp³-hybridized carbons (Fsp3) is 0.0714. The predicted molar refractivity (Wildman–Crippen MR) is 69.6 cm³/mol. The van der Waals surface area contributed by atoms with E-state index < -0.39 is 11.6 Å². The van der Waals surface area contributed by atoms with Gasteiger partial charge in [0.25, 0.3) is 0 Å². The van der Waals surface area contributed by atoms with Crippen LogP contribution in [-0.2, 0) is 0 Å². The van der Waals surface area contributed by atoms with Crippen molar-refractivity contribution < 1.29 is 13.6 Å². The number of aldehydes is 1. The zero-order valence-electron chi connectivity index (χ0n) is 9.51. The lowest BCUT2D eigenvalue weighted by atomic mass is 9.97. The third-order valence-electron chi connectivity index (χ3n) is 2.65. The lowest BCUT2D eigenvalue weighted by molar-refractivity contribution is 0.112. The van der Waals surface area contributed by atoms with E-state index >= 15 is 0 Å². The summed E-state index contributed by atoms with van der Waals surface area (Å²) in [7, 11) is 0. The van der Waals surface area contributed by atoms with E-state index in [1.54, 1.807) is 25.1 Å². The standard InChI is InChI=1S/C14H9BrF2O/c1-8-2-3-9(7-18)10(6-8)13-12(16)5-4-11(15)14(13)17/h2-7H,1H3. The third-order valence-corrected chi connectivity index (χ3v) is 3.26. The topological polar surface area (TPSA) is 17.1 Å². The molecule has 2 rings (SSSR count).